The molecule has 4 nitrogen and oxygen atoms in total. The molecule has 0 bridgehead atoms. The second-order valence-corrected chi connectivity index (χ2v) is 7.46. The molecule has 0 radical (unpaired) electrons. The summed E-state index contributed by atoms with van der Waals surface area (Å²) in [4.78, 5) is 0.0898. The highest BCUT2D eigenvalue weighted by molar-refractivity contribution is 7.89. The molecule has 1 N–H and O–H groups in total. The van der Waals surface area contributed by atoms with Crippen LogP contribution in [0.1, 0.15) is 19.8 Å². The lowest BCUT2D eigenvalue weighted by Crippen LogP contribution is -2.42. The molecule has 0 spiro atoms. The minimum atomic E-state index is -3.62. The molecule has 1 aromatic rings. The molecule has 0 saturated carbocycles. The second kappa shape index (κ2) is 6.62. The van der Waals surface area contributed by atoms with Crippen molar-refractivity contribution in [2.24, 2.45) is 0 Å². The highest BCUT2D eigenvalue weighted by Crippen LogP contribution is 2.32. The number of nitrogens with one attached hydrogen (secondary N) is 1. The quantitative estimate of drug-likeness (QED) is 0.899. The summed E-state index contributed by atoms with van der Waals surface area (Å²) in [6.45, 7) is 3.96. The lowest BCUT2D eigenvalue weighted by molar-refractivity contribution is 0.335. The third kappa shape index (κ3) is 3.12. The Kier molecular flexibility index (Phi) is 5.31. The zero-order valence-electron chi connectivity index (χ0n) is 11.3. The molecule has 1 atom stereocenters. The van der Waals surface area contributed by atoms with Crippen molar-refractivity contribution in [2.75, 3.05) is 19.6 Å². The van der Waals surface area contributed by atoms with E-state index in [0.717, 1.165) is 19.4 Å². The van der Waals surface area contributed by atoms with Gasteiger partial charge >= 0.3 is 0 Å². The first kappa shape index (κ1) is 16.0. The van der Waals surface area contributed by atoms with Gasteiger partial charge < -0.3 is 5.32 Å². The van der Waals surface area contributed by atoms with Crippen molar-refractivity contribution in [3.63, 3.8) is 0 Å². The van der Waals surface area contributed by atoms with Crippen LogP contribution >= 0.6 is 23.2 Å². The van der Waals surface area contributed by atoms with Gasteiger partial charge in [-0.25, -0.2) is 8.42 Å². The van der Waals surface area contributed by atoms with Crippen LogP contribution in [0.2, 0.25) is 10.0 Å². The summed E-state index contributed by atoms with van der Waals surface area (Å²) in [5, 5.41) is 3.55. The molecule has 1 aliphatic rings. The maximum Gasteiger partial charge on any atom is 0.244 e. The fraction of sp³-hybridized carbons (Fsp3) is 0.538. The number of nitrogens with zero attached hydrogens (tertiary/aromatic N) is 1. The molecule has 2 rings (SSSR count). The molecule has 7 heteroatoms. The number of rotatable bonds is 5. The van der Waals surface area contributed by atoms with E-state index in [1.165, 1.54) is 6.07 Å². The molecule has 0 aliphatic carbocycles. The lowest BCUT2D eigenvalue weighted by atomic mass is 10.2. The predicted molar refractivity (Wildman–Crippen MR) is 81.9 cm³/mol. The SMILES string of the molecule is CCCN(C1CCNC1)S(=O)(=O)c1cccc(Cl)c1Cl. The van der Waals surface area contributed by atoms with E-state index >= 15 is 0 Å². The first-order chi connectivity index (χ1) is 9.48. The Hall–Kier alpha value is -0.330. The Balaban J connectivity index is 2.42. The number of benzene rings is 1. The highest BCUT2D eigenvalue weighted by Gasteiger charge is 2.34. The number of halogens is 2. The van der Waals surface area contributed by atoms with Gasteiger partial charge in [-0.15, -0.1) is 0 Å². The average molecular weight is 337 g/mol. The second-order valence-electron chi connectivity index (χ2n) is 4.81. The lowest BCUT2D eigenvalue weighted by Gasteiger charge is -2.27. The zero-order valence-corrected chi connectivity index (χ0v) is 13.6. The van der Waals surface area contributed by atoms with Gasteiger partial charge in [0.25, 0.3) is 0 Å². The van der Waals surface area contributed by atoms with Crippen LogP contribution < -0.4 is 5.32 Å². The maximum absolute atomic E-state index is 12.8. The summed E-state index contributed by atoms with van der Waals surface area (Å²) in [6, 6.07) is 4.69. The van der Waals surface area contributed by atoms with E-state index in [4.69, 9.17) is 23.2 Å². The van der Waals surface area contributed by atoms with Crippen LogP contribution in [-0.4, -0.2) is 38.4 Å². The molecule has 1 fully saturated rings. The monoisotopic (exact) mass is 336 g/mol. The first-order valence-electron chi connectivity index (χ1n) is 6.65. The Morgan fingerprint density at radius 3 is 2.75 bits per heavy atom. The number of sulfonamides is 1. The van der Waals surface area contributed by atoms with Crippen LogP contribution in [0.25, 0.3) is 0 Å². The van der Waals surface area contributed by atoms with E-state index < -0.39 is 10.0 Å². The van der Waals surface area contributed by atoms with Crippen LogP contribution in [0.15, 0.2) is 23.1 Å². The van der Waals surface area contributed by atoms with Crippen molar-refractivity contribution < 1.29 is 8.42 Å². The van der Waals surface area contributed by atoms with Gasteiger partial charge in [0.05, 0.1) is 10.0 Å². The smallest absolute Gasteiger partial charge is 0.244 e. The number of hydrogen-bond donors (Lipinski definition) is 1. The third-order valence-electron chi connectivity index (χ3n) is 3.39. The topological polar surface area (TPSA) is 49.4 Å². The fourth-order valence-electron chi connectivity index (χ4n) is 2.41. The van der Waals surface area contributed by atoms with Crippen molar-refractivity contribution >= 4 is 33.2 Å². The van der Waals surface area contributed by atoms with E-state index in [-0.39, 0.29) is 21.0 Å². The summed E-state index contributed by atoms with van der Waals surface area (Å²) in [5.74, 6) is 0. The van der Waals surface area contributed by atoms with E-state index in [1.54, 1.807) is 16.4 Å². The molecule has 20 heavy (non-hydrogen) atoms. The van der Waals surface area contributed by atoms with Gasteiger partial charge in [0.2, 0.25) is 10.0 Å². The standard InChI is InChI=1S/C13H18Cl2N2O2S/c1-2-8-17(10-6-7-16-9-10)20(18,19)12-5-3-4-11(14)13(12)15/h3-5,10,16H,2,6-9H2,1H3. The minimum absolute atomic E-state index is 0.0185. The molecule has 0 amide bonds. The Morgan fingerprint density at radius 2 is 2.15 bits per heavy atom. The normalized spacial score (nSPS) is 19.7. The summed E-state index contributed by atoms with van der Waals surface area (Å²) < 4.78 is 27.2. The molecular formula is C13H18Cl2N2O2S. The van der Waals surface area contributed by atoms with Gasteiger partial charge in [-0.05, 0) is 31.5 Å². The van der Waals surface area contributed by atoms with E-state index in [1.807, 2.05) is 6.92 Å². The van der Waals surface area contributed by atoms with Crippen molar-refractivity contribution in [1.82, 2.24) is 9.62 Å². The third-order valence-corrected chi connectivity index (χ3v) is 6.31. The molecule has 1 aromatic carbocycles. The molecule has 1 unspecified atom stereocenters. The summed E-state index contributed by atoms with van der Waals surface area (Å²) in [5.41, 5.74) is 0. The van der Waals surface area contributed by atoms with Gasteiger partial charge in [-0.3, -0.25) is 0 Å². The van der Waals surface area contributed by atoms with Crippen LogP contribution in [-0.2, 0) is 10.0 Å². The molecule has 0 aromatic heterocycles. The van der Waals surface area contributed by atoms with Crippen LogP contribution in [0.3, 0.4) is 0 Å². The zero-order chi connectivity index (χ0) is 14.8. The van der Waals surface area contributed by atoms with E-state index in [2.05, 4.69) is 5.32 Å². The Bertz CT molecular complexity index is 572. The Morgan fingerprint density at radius 1 is 1.40 bits per heavy atom. The maximum atomic E-state index is 12.8. The molecule has 1 aliphatic heterocycles. The summed E-state index contributed by atoms with van der Waals surface area (Å²) in [7, 11) is -3.62. The minimum Gasteiger partial charge on any atom is -0.315 e. The molecular weight excluding hydrogens is 319 g/mol. The summed E-state index contributed by atoms with van der Waals surface area (Å²) >= 11 is 12.0. The predicted octanol–water partition coefficient (Wildman–Crippen LogP) is 2.76. The van der Waals surface area contributed by atoms with Gasteiger partial charge in [0.1, 0.15) is 4.90 Å². The van der Waals surface area contributed by atoms with Crippen LogP contribution in [0, 0.1) is 0 Å². The van der Waals surface area contributed by atoms with Crippen molar-refractivity contribution in [3.05, 3.63) is 28.2 Å². The van der Waals surface area contributed by atoms with Crippen molar-refractivity contribution in [2.45, 2.75) is 30.7 Å². The highest BCUT2D eigenvalue weighted by atomic mass is 35.5. The van der Waals surface area contributed by atoms with Crippen LogP contribution in [0.4, 0.5) is 0 Å². The summed E-state index contributed by atoms with van der Waals surface area (Å²) in [6.07, 6.45) is 1.57. The average Bonchev–Trinajstić information content (AvgIpc) is 2.92. The van der Waals surface area contributed by atoms with Crippen LogP contribution in [0.5, 0.6) is 0 Å². The number of hydrogen-bond acceptors (Lipinski definition) is 3. The molecule has 1 heterocycles. The van der Waals surface area contributed by atoms with Gasteiger partial charge in [0.15, 0.2) is 0 Å². The van der Waals surface area contributed by atoms with Crippen molar-refractivity contribution in [1.29, 1.82) is 0 Å². The van der Waals surface area contributed by atoms with Crippen molar-refractivity contribution in [3.8, 4) is 0 Å². The molecule has 1 saturated heterocycles. The Labute approximate surface area is 130 Å². The van der Waals surface area contributed by atoms with E-state index in [0.29, 0.717) is 13.1 Å². The first-order valence-corrected chi connectivity index (χ1v) is 8.84. The largest absolute Gasteiger partial charge is 0.315 e. The van der Waals surface area contributed by atoms with Gasteiger partial charge in [0, 0.05) is 19.1 Å². The fourth-order valence-corrected chi connectivity index (χ4v) is 4.90. The van der Waals surface area contributed by atoms with Gasteiger partial charge in [-0.2, -0.15) is 4.31 Å². The van der Waals surface area contributed by atoms with E-state index in [9.17, 15) is 8.42 Å². The molecule has 112 valence electrons. The van der Waals surface area contributed by atoms with Gasteiger partial charge in [-0.1, -0.05) is 36.2 Å².